The third-order valence-corrected chi connectivity index (χ3v) is 1.69. The second kappa shape index (κ2) is 3.62. The zero-order chi connectivity index (χ0) is 9.90. The van der Waals surface area contributed by atoms with Crippen LogP contribution >= 0.6 is 0 Å². The van der Waals surface area contributed by atoms with Gasteiger partial charge >= 0.3 is 0 Å². The topological polar surface area (TPSA) is 52.0 Å². The van der Waals surface area contributed by atoms with Crippen LogP contribution < -0.4 is 11.5 Å². The predicted molar refractivity (Wildman–Crippen MR) is 58.2 cm³/mol. The molecule has 0 bridgehead atoms. The van der Waals surface area contributed by atoms with Crippen molar-refractivity contribution < 1.29 is 0 Å². The van der Waals surface area contributed by atoms with Gasteiger partial charge in [-0.1, -0.05) is 30.4 Å². The first-order valence-corrected chi connectivity index (χ1v) is 4.32. The molecule has 0 aliphatic carbocycles. The summed E-state index contributed by atoms with van der Waals surface area (Å²) in [5.74, 6) is 0. The molecule has 0 saturated heterocycles. The molecular weight excluding hydrogens is 160 g/mol. The van der Waals surface area contributed by atoms with E-state index in [1.807, 2.05) is 50.3 Å². The second-order valence-electron chi connectivity index (χ2n) is 3.78. The Labute approximate surface area is 79.2 Å². The summed E-state index contributed by atoms with van der Waals surface area (Å²) in [7, 11) is 0. The number of rotatable bonds is 2. The van der Waals surface area contributed by atoms with E-state index in [4.69, 9.17) is 11.5 Å². The molecule has 13 heavy (non-hydrogen) atoms. The Morgan fingerprint density at radius 2 is 1.85 bits per heavy atom. The number of para-hydroxylation sites is 1. The number of anilines is 1. The average molecular weight is 176 g/mol. The molecule has 0 fully saturated rings. The summed E-state index contributed by atoms with van der Waals surface area (Å²) >= 11 is 0. The summed E-state index contributed by atoms with van der Waals surface area (Å²) < 4.78 is 0. The van der Waals surface area contributed by atoms with Crippen LogP contribution in [0.1, 0.15) is 19.4 Å². The number of benzene rings is 1. The first-order chi connectivity index (χ1) is 5.99. The first kappa shape index (κ1) is 9.81. The van der Waals surface area contributed by atoms with Gasteiger partial charge in [0.1, 0.15) is 0 Å². The van der Waals surface area contributed by atoms with Gasteiger partial charge in [0.05, 0.1) is 0 Å². The van der Waals surface area contributed by atoms with Crippen molar-refractivity contribution >= 4 is 11.8 Å². The standard InChI is InChI=1S/C11H16N2/c1-11(2,13)8-7-9-5-3-4-6-10(9)12/h3-8H,12-13H2,1-2H3/b8-7-. The van der Waals surface area contributed by atoms with E-state index in [1.54, 1.807) is 0 Å². The molecule has 0 heterocycles. The zero-order valence-corrected chi connectivity index (χ0v) is 8.12. The van der Waals surface area contributed by atoms with Crippen LogP contribution in [0.2, 0.25) is 0 Å². The quantitative estimate of drug-likeness (QED) is 0.677. The first-order valence-electron chi connectivity index (χ1n) is 4.32. The number of nitrogens with two attached hydrogens (primary N) is 2. The van der Waals surface area contributed by atoms with Gasteiger partial charge in [-0.2, -0.15) is 0 Å². The molecule has 70 valence electrons. The van der Waals surface area contributed by atoms with Gasteiger partial charge in [0, 0.05) is 11.2 Å². The van der Waals surface area contributed by atoms with E-state index in [0.29, 0.717) is 0 Å². The summed E-state index contributed by atoms with van der Waals surface area (Å²) in [5, 5.41) is 0. The SMILES string of the molecule is CC(C)(N)/C=C\c1ccccc1N. The highest BCUT2D eigenvalue weighted by Gasteiger charge is 2.03. The van der Waals surface area contributed by atoms with Crippen LogP contribution in [0.25, 0.3) is 6.08 Å². The Morgan fingerprint density at radius 3 is 2.38 bits per heavy atom. The van der Waals surface area contributed by atoms with Gasteiger partial charge < -0.3 is 11.5 Å². The smallest absolute Gasteiger partial charge is 0.0387 e. The molecule has 0 aliphatic rings. The molecule has 1 aromatic rings. The summed E-state index contributed by atoms with van der Waals surface area (Å²) in [4.78, 5) is 0. The lowest BCUT2D eigenvalue weighted by Crippen LogP contribution is -2.28. The second-order valence-corrected chi connectivity index (χ2v) is 3.78. The van der Waals surface area contributed by atoms with Crippen molar-refractivity contribution in [1.29, 1.82) is 0 Å². The molecule has 0 aromatic heterocycles. The summed E-state index contributed by atoms with van der Waals surface area (Å²) in [6.45, 7) is 3.89. The minimum absolute atomic E-state index is 0.289. The predicted octanol–water partition coefficient (Wildman–Crippen LogP) is 2.02. The molecule has 0 radical (unpaired) electrons. The molecule has 4 N–H and O–H groups in total. The normalized spacial score (nSPS) is 12.2. The van der Waals surface area contributed by atoms with Crippen LogP contribution in [0.5, 0.6) is 0 Å². The fraction of sp³-hybridized carbons (Fsp3) is 0.273. The molecular formula is C11H16N2. The Bertz CT molecular complexity index is 308. The fourth-order valence-electron chi connectivity index (χ4n) is 0.967. The maximum Gasteiger partial charge on any atom is 0.0387 e. The lowest BCUT2D eigenvalue weighted by Gasteiger charge is -2.11. The van der Waals surface area contributed by atoms with Crippen molar-refractivity contribution in [2.75, 3.05) is 5.73 Å². The van der Waals surface area contributed by atoms with Crippen molar-refractivity contribution in [3.63, 3.8) is 0 Å². The fourth-order valence-corrected chi connectivity index (χ4v) is 0.967. The number of hydrogen-bond donors (Lipinski definition) is 2. The maximum atomic E-state index is 5.81. The molecule has 1 aromatic carbocycles. The van der Waals surface area contributed by atoms with E-state index in [9.17, 15) is 0 Å². The van der Waals surface area contributed by atoms with Gasteiger partial charge in [-0.25, -0.2) is 0 Å². The Hall–Kier alpha value is -1.28. The van der Waals surface area contributed by atoms with Crippen LogP contribution in [-0.4, -0.2) is 5.54 Å². The number of hydrogen-bond acceptors (Lipinski definition) is 2. The van der Waals surface area contributed by atoms with E-state index in [1.165, 1.54) is 0 Å². The molecule has 0 spiro atoms. The van der Waals surface area contributed by atoms with Gasteiger partial charge in [-0.3, -0.25) is 0 Å². The van der Waals surface area contributed by atoms with Crippen molar-refractivity contribution in [3.8, 4) is 0 Å². The van der Waals surface area contributed by atoms with Crippen LogP contribution in [0.4, 0.5) is 5.69 Å². The summed E-state index contributed by atoms with van der Waals surface area (Å²) in [6, 6.07) is 7.72. The average Bonchev–Trinajstić information content (AvgIpc) is 2.01. The Balaban J connectivity index is 2.86. The van der Waals surface area contributed by atoms with Crippen LogP contribution in [-0.2, 0) is 0 Å². The van der Waals surface area contributed by atoms with Crippen molar-refractivity contribution in [2.24, 2.45) is 5.73 Å². The van der Waals surface area contributed by atoms with Crippen LogP contribution in [0.15, 0.2) is 30.3 Å². The monoisotopic (exact) mass is 176 g/mol. The lowest BCUT2D eigenvalue weighted by molar-refractivity contribution is 0.657. The molecule has 0 saturated carbocycles. The molecule has 0 aliphatic heterocycles. The van der Waals surface area contributed by atoms with Crippen LogP contribution in [0, 0.1) is 0 Å². The molecule has 2 heteroatoms. The summed E-state index contributed by atoms with van der Waals surface area (Å²) in [5.41, 5.74) is 13.1. The third kappa shape index (κ3) is 3.30. The highest BCUT2D eigenvalue weighted by molar-refractivity contribution is 5.64. The Morgan fingerprint density at radius 1 is 1.23 bits per heavy atom. The van der Waals surface area contributed by atoms with E-state index in [2.05, 4.69) is 0 Å². The van der Waals surface area contributed by atoms with E-state index in [-0.39, 0.29) is 5.54 Å². The molecule has 0 unspecified atom stereocenters. The van der Waals surface area contributed by atoms with E-state index in [0.717, 1.165) is 11.3 Å². The molecule has 1 rings (SSSR count). The van der Waals surface area contributed by atoms with E-state index < -0.39 is 0 Å². The van der Waals surface area contributed by atoms with Gasteiger partial charge in [0.2, 0.25) is 0 Å². The Kier molecular flexibility index (Phi) is 2.73. The molecule has 0 atom stereocenters. The minimum atomic E-state index is -0.289. The van der Waals surface area contributed by atoms with Crippen molar-refractivity contribution in [3.05, 3.63) is 35.9 Å². The van der Waals surface area contributed by atoms with Gasteiger partial charge in [0.25, 0.3) is 0 Å². The number of nitrogen functional groups attached to an aromatic ring is 1. The van der Waals surface area contributed by atoms with Crippen molar-refractivity contribution in [2.45, 2.75) is 19.4 Å². The largest absolute Gasteiger partial charge is 0.398 e. The van der Waals surface area contributed by atoms with Gasteiger partial charge in [0.15, 0.2) is 0 Å². The van der Waals surface area contributed by atoms with Gasteiger partial charge in [-0.05, 0) is 25.5 Å². The highest BCUT2D eigenvalue weighted by atomic mass is 14.7. The minimum Gasteiger partial charge on any atom is -0.398 e. The molecule has 2 nitrogen and oxygen atoms in total. The highest BCUT2D eigenvalue weighted by Crippen LogP contribution is 2.13. The van der Waals surface area contributed by atoms with Crippen molar-refractivity contribution in [1.82, 2.24) is 0 Å². The third-order valence-electron chi connectivity index (χ3n) is 1.69. The maximum absolute atomic E-state index is 5.81. The lowest BCUT2D eigenvalue weighted by atomic mass is 10.0. The van der Waals surface area contributed by atoms with Crippen LogP contribution in [0.3, 0.4) is 0 Å². The van der Waals surface area contributed by atoms with Gasteiger partial charge in [-0.15, -0.1) is 0 Å². The zero-order valence-electron chi connectivity index (χ0n) is 8.12. The van der Waals surface area contributed by atoms with E-state index >= 15 is 0 Å². The summed E-state index contributed by atoms with van der Waals surface area (Å²) in [6.07, 6.45) is 3.90. The molecule has 0 amide bonds.